The minimum Gasteiger partial charge on any atom is -0.467 e. The molecule has 2 aromatic rings. The largest absolute Gasteiger partial charge is 0.467 e. The number of benzene rings is 1. The molecule has 3 N–H and O–H groups in total. The maximum atomic E-state index is 12.1. The summed E-state index contributed by atoms with van der Waals surface area (Å²) in [4.78, 5) is 12.1. The Hall–Kier alpha value is -2.07. The molecule has 3 rings (SSSR count). The smallest absolute Gasteiger partial charge is 0.254 e. The van der Waals surface area contributed by atoms with Gasteiger partial charge in [0.1, 0.15) is 12.0 Å². The molecular formula is C17H20N2O2. The van der Waals surface area contributed by atoms with Crippen molar-refractivity contribution < 1.29 is 9.21 Å². The van der Waals surface area contributed by atoms with Crippen LogP contribution in [0.15, 0.2) is 41.0 Å². The molecule has 4 nitrogen and oxygen atoms in total. The van der Waals surface area contributed by atoms with E-state index in [1.807, 2.05) is 0 Å². The third-order valence-electron chi connectivity index (χ3n) is 4.12. The van der Waals surface area contributed by atoms with Gasteiger partial charge in [-0.15, -0.1) is 0 Å². The van der Waals surface area contributed by atoms with Crippen molar-refractivity contribution >= 4 is 5.91 Å². The fraction of sp³-hybridized carbons (Fsp3) is 0.353. The van der Waals surface area contributed by atoms with E-state index in [1.54, 1.807) is 6.07 Å². The summed E-state index contributed by atoms with van der Waals surface area (Å²) in [5.74, 6) is 0.935. The summed E-state index contributed by atoms with van der Waals surface area (Å²) in [5.41, 5.74) is 8.81. The van der Waals surface area contributed by atoms with E-state index >= 15 is 0 Å². The van der Waals surface area contributed by atoms with Crippen molar-refractivity contribution in [3.63, 3.8) is 0 Å². The highest BCUT2D eigenvalue weighted by Crippen LogP contribution is 2.30. The first-order valence-electron chi connectivity index (χ1n) is 7.41. The van der Waals surface area contributed by atoms with Gasteiger partial charge in [0.2, 0.25) is 0 Å². The molecule has 0 saturated heterocycles. The molecule has 0 fully saturated rings. The van der Waals surface area contributed by atoms with Gasteiger partial charge in [0, 0.05) is 12.5 Å². The van der Waals surface area contributed by atoms with E-state index in [0.717, 1.165) is 12.8 Å². The summed E-state index contributed by atoms with van der Waals surface area (Å²) in [7, 11) is 0. The molecule has 0 spiro atoms. The summed E-state index contributed by atoms with van der Waals surface area (Å²) < 4.78 is 5.20. The van der Waals surface area contributed by atoms with E-state index < -0.39 is 0 Å². The summed E-state index contributed by atoms with van der Waals surface area (Å²) in [6, 6.07) is 10.2. The van der Waals surface area contributed by atoms with Crippen molar-refractivity contribution in [2.24, 2.45) is 5.73 Å². The van der Waals surface area contributed by atoms with E-state index in [1.165, 1.54) is 23.8 Å². The van der Waals surface area contributed by atoms with Gasteiger partial charge >= 0.3 is 0 Å². The molecule has 110 valence electrons. The van der Waals surface area contributed by atoms with Crippen LogP contribution in [0, 0.1) is 0 Å². The summed E-state index contributed by atoms with van der Waals surface area (Å²) in [6.07, 6.45) is 4.91. The number of hydrogen-bond acceptors (Lipinski definition) is 3. The molecule has 1 amide bonds. The molecule has 0 radical (unpaired) electrons. The van der Waals surface area contributed by atoms with Crippen LogP contribution >= 0.6 is 0 Å². The maximum Gasteiger partial charge on any atom is 0.254 e. The summed E-state index contributed by atoms with van der Waals surface area (Å²) >= 11 is 0. The number of hydrogen-bond donors (Lipinski definition) is 2. The van der Waals surface area contributed by atoms with Crippen molar-refractivity contribution in [1.82, 2.24) is 5.32 Å². The lowest BCUT2D eigenvalue weighted by molar-refractivity contribution is 0.0949. The third kappa shape index (κ3) is 3.00. The number of nitrogens with two attached hydrogens (primary N) is 1. The molecule has 1 heterocycles. The van der Waals surface area contributed by atoms with Crippen LogP contribution in [0.4, 0.5) is 0 Å². The predicted octanol–water partition coefficient (Wildman–Crippen LogP) is 2.59. The topological polar surface area (TPSA) is 68.3 Å². The van der Waals surface area contributed by atoms with E-state index in [-0.39, 0.29) is 5.91 Å². The molecule has 1 aliphatic rings. The fourth-order valence-corrected chi connectivity index (χ4v) is 2.99. The van der Waals surface area contributed by atoms with Crippen LogP contribution in [0.3, 0.4) is 0 Å². The molecule has 0 aliphatic heterocycles. The van der Waals surface area contributed by atoms with Crippen molar-refractivity contribution in [1.29, 1.82) is 0 Å². The predicted molar refractivity (Wildman–Crippen MR) is 81.1 cm³/mol. The Morgan fingerprint density at radius 2 is 2.24 bits per heavy atom. The number of fused-ring (bicyclic) bond motifs is 1. The average Bonchev–Trinajstić information content (AvgIpc) is 3.01. The Kier molecular flexibility index (Phi) is 4.06. The van der Waals surface area contributed by atoms with Gasteiger partial charge in [-0.2, -0.15) is 0 Å². The zero-order chi connectivity index (χ0) is 14.7. The van der Waals surface area contributed by atoms with Gasteiger partial charge in [0.05, 0.1) is 12.1 Å². The number of amides is 1. The Balaban J connectivity index is 1.64. The highest BCUT2D eigenvalue weighted by molar-refractivity contribution is 5.94. The molecule has 1 aromatic heterocycles. The SMILES string of the molecule is NCc1cc(C(=O)NCC2CCCc3ccccc32)co1. The fourth-order valence-electron chi connectivity index (χ4n) is 2.99. The van der Waals surface area contributed by atoms with Crippen LogP contribution in [0.5, 0.6) is 0 Å². The monoisotopic (exact) mass is 284 g/mol. The lowest BCUT2D eigenvalue weighted by Crippen LogP contribution is -2.29. The second-order valence-electron chi connectivity index (χ2n) is 5.50. The van der Waals surface area contributed by atoms with E-state index in [0.29, 0.717) is 30.3 Å². The maximum absolute atomic E-state index is 12.1. The van der Waals surface area contributed by atoms with E-state index in [2.05, 4.69) is 29.6 Å². The molecule has 1 aliphatic carbocycles. The van der Waals surface area contributed by atoms with Crippen LogP contribution in [-0.2, 0) is 13.0 Å². The Morgan fingerprint density at radius 3 is 3.05 bits per heavy atom. The van der Waals surface area contributed by atoms with Gasteiger partial charge in [-0.3, -0.25) is 4.79 Å². The molecule has 1 unspecified atom stereocenters. The quantitative estimate of drug-likeness (QED) is 0.906. The van der Waals surface area contributed by atoms with Crippen LogP contribution in [0.1, 0.15) is 46.0 Å². The lowest BCUT2D eigenvalue weighted by Gasteiger charge is -2.25. The highest BCUT2D eigenvalue weighted by atomic mass is 16.3. The number of furan rings is 1. The standard InChI is InChI=1S/C17H20N2O2/c18-9-15-8-14(11-21-15)17(20)19-10-13-6-3-5-12-4-1-2-7-16(12)13/h1-2,4,7-8,11,13H,3,5-6,9-10,18H2,(H,19,20). The second kappa shape index (κ2) is 6.14. The number of carbonyl (C=O) groups excluding carboxylic acids is 1. The number of nitrogens with one attached hydrogen (secondary N) is 1. The summed E-state index contributed by atoms with van der Waals surface area (Å²) in [6.45, 7) is 0.974. The van der Waals surface area contributed by atoms with Gasteiger partial charge in [0.15, 0.2) is 0 Å². The number of aryl methyl sites for hydroxylation is 1. The number of rotatable bonds is 4. The third-order valence-corrected chi connectivity index (χ3v) is 4.12. The molecular weight excluding hydrogens is 264 g/mol. The molecule has 21 heavy (non-hydrogen) atoms. The molecule has 1 atom stereocenters. The zero-order valence-electron chi connectivity index (χ0n) is 12.0. The highest BCUT2D eigenvalue weighted by Gasteiger charge is 2.20. The summed E-state index contributed by atoms with van der Waals surface area (Å²) in [5, 5.41) is 3.01. The Morgan fingerprint density at radius 1 is 1.38 bits per heavy atom. The minimum absolute atomic E-state index is 0.0958. The zero-order valence-corrected chi connectivity index (χ0v) is 12.0. The molecule has 0 saturated carbocycles. The first-order chi connectivity index (χ1) is 10.3. The van der Waals surface area contributed by atoms with Crippen molar-refractivity contribution in [2.45, 2.75) is 31.7 Å². The average molecular weight is 284 g/mol. The van der Waals surface area contributed by atoms with Crippen molar-refractivity contribution in [3.05, 3.63) is 59.0 Å². The Labute approximate surface area is 124 Å². The van der Waals surface area contributed by atoms with Gasteiger partial charge in [-0.25, -0.2) is 0 Å². The van der Waals surface area contributed by atoms with Gasteiger partial charge in [-0.1, -0.05) is 24.3 Å². The normalized spacial score (nSPS) is 17.3. The molecule has 0 bridgehead atoms. The second-order valence-corrected chi connectivity index (χ2v) is 5.50. The van der Waals surface area contributed by atoms with Gasteiger partial charge in [-0.05, 0) is 36.5 Å². The molecule has 4 heteroatoms. The minimum atomic E-state index is -0.0958. The van der Waals surface area contributed by atoms with Crippen LogP contribution < -0.4 is 11.1 Å². The Bertz CT molecular complexity index is 633. The van der Waals surface area contributed by atoms with Crippen LogP contribution in [0.25, 0.3) is 0 Å². The first-order valence-corrected chi connectivity index (χ1v) is 7.41. The van der Waals surface area contributed by atoms with Crippen molar-refractivity contribution in [3.8, 4) is 0 Å². The first kappa shape index (κ1) is 13.9. The molecule has 1 aromatic carbocycles. The van der Waals surface area contributed by atoms with Gasteiger partial charge in [0.25, 0.3) is 5.91 Å². The lowest BCUT2D eigenvalue weighted by atomic mass is 9.83. The number of carbonyl (C=O) groups is 1. The van der Waals surface area contributed by atoms with Crippen molar-refractivity contribution in [2.75, 3.05) is 6.54 Å². The van der Waals surface area contributed by atoms with Crippen LogP contribution in [-0.4, -0.2) is 12.5 Å². The van der Waals surface area contributed by atoms with Crippen LogP contribution in [0.2, 0.25) is 0 Å². The van der Waals surface area contributed by atoms with E-state index in [4.69, 9.17) is 10.2 Å². The van der Waals surface area contributed by atoms with Gasteiger partial charge < -0.3 is 15.5 Å². The van der Waals surface area contributed by atoms with E-state index in [9.17, 15) is 4.79 Å².